The van der Waals surface area contributed by atoms with Crippen LogP contribution in [0.2, 0.25) is 0 Å². The van der Waals surface area contributed by atoms with E-state index in [9.17, 15) is 22.8 Å². The molecule has 2 atom stereocenters. The molecular formula is C17H23ClF3N3O2. The fraction of sp³-hybridized carbons (Fsp3) is 0.529. The van der Waals surface area contributed by atoms with Gasteiger partial charge in [-0.1, -0.05) is 12.1 Å². The van der Waals surface area contributed by atoms with E-state index in [0.717, 1.165) is 17.7 Å². The summed E-state index contributed by atoms with van der Waals surface area (Å²) < 4.78 is 37.8. The van der Waals surface area contributed by atoms with Crippen LogP contribution in [0.4, 0.5) is 18.9 Å². The number of anilines is 1. The fourth-order valence-electron chi connectivity index (χ4n) is 2.97. The summed E-state index contributed by atoms with van der Waals surface area (Å²) in [6.07, 6.45) is -2.72. The molecule has 0 bridgehead atoms. The second kappa shape index (κ2) is 9.23. The molecule has 1 aliphatic carbocycles. The highest BCUT2D eigenvalue weighted by molar-refractivity contribution is 5.92. The molecule has 2 rings (SSSR count). The van der Waals surface area contributed by atoms with Crippen molar-refractivity contribution in [1.29, 1.82) is 0 Å². The summed E-state index contributed by atoms with van der Waals surface area (Å²) in [6, 6.07) is 6.54. The van der Waals surface area contributed by atoms with E-state index < -0.39 is 12.1 Å². The molecule has 9 heteroatoms. The summed E-state index contributed by atoms with van der Waals surface area (Å²) in [5, 5.41) is 2.78. The van der Waals surface area contributed by atoms with E-state index >= 15 is 0 Å². The molecular weight excluding hydrogens is 371 g/mol. The minimum Gasteiger partial charge on any atom is -0.331 e. The Labute approximate surface area is 156 Å². The maximum absolute atomic E-state index is 12.6. The maximum atomic E-state index is 12.6. The van der Waals surface area contributed by atoms with Gasteiger partial charge in [0.05, 0.1) is 0 Å². The van der Waals surface area contributed by atoms with Crippen molar-refractivity contribution < 1.29 is 22.8 Å². The molecule has 0 radical (unpaired) electrons. The molecule has 1 aromatic carbocycles. The highest BCUT2D eigenvalue weighted by Gasteiger charge is 2.41. The van der Waals surface area contributed by atoms with Gasteiger partial charge in [-0.25, -0.2) is 0 Å². The van der Waals surface area contributed by atoms with E-state index in [2.05, 4.69) is 5.32 Å². The van der Waals surface area contributed by atoms with Gasteiger partial charge < -0.3 is 16.0 Å². The van der Waals surface area contributed by atoms with Crippen molar-refractivity contribution in [3.05, 3.63) is 29.8 Å². The third-order valence-corrected chi connectivity index (χ3v) is 4.32. The highest BCUT2D eigenvalue weighted by atomic mass is 35.5. The normalized spacial score (nSPS) is 19.6. The third-order valence-electron chi connectivity index (χ3n) is 4.32. The summed E-state index contributed by atoms with van der Waals surface area (Å²) in [5.41, 5.74) is 6.82. The van der Waals surface area contributed by atoms with Crippen LogP contribution in [0.1, 0.15) is 31.7 Å². The summed E-state index contributed by atoms with van der Waals surface area (Å²) in [6.45, 7) is 1.25. The number of hydrogen-bond donors (Lipinski definition) is 2. The Morgan fingerprint density at radius 1 is 1.31 bits per heavy atom. The summed E-state index contributed by atoms with van der Waals surface area (Å²) in [4.78, 5) is 24.3. The Hall–Kier alpha value is -1.80. The average Bonchev–Trinajstić information content (AvgIpc) is 2.98. The van der Waals surface area contributed by atoms with Crippen LogP contribution < -0.4 is 11.1 Å². The van der Waals surface area contributed by atoms with Crippen LogP contribution in [0.5, 0.6) is 0 Å². The zero-order chi connectivity index (χ0) is 18.6. The molecule has 2 unspecified atom stereocenters. The van der Waals surface area contributed by atoms with Crippen LogP contribution in [0.3, 0.4) is 0 Å². The number of carbonyl (C=O) groups is 2. The Morgan fingerprint density at radius 3 is 2.54 bits per heavy atom. The largest absolute Gasteiger partial charge is 0.471 e. The number of halogens is 4. The van der Waals surface area contributed by atoms with E-state index in [-0.39, 0.29) is 43.4 Å². The second-order valence-corrected chi connectivity index (χ2v) is 6.28. The minimum atomic E-state index is -4.90. The van der Waals surface area contributed by atoms with E-state index in [4.69, 9.17) is 5.73 Å². The van der Waals surface area contributed by atoms with Crippen LogP contribution in [0.25, 0.3) is 0 Å². The minimum absolute atomic E-state index is 0. The first-order chi connectivity index (χ1) is 11.7. The van der Waals surface area contributed by atoms with Crippen molar-refractivity contribution in [3.8, 4) is 0 Å². The van der Waals surface area contributed by atoms with Gasteiger partial charge in [0.25, 0.3) is 0 Å². The molecule has 3 N–H and O–H groups in total. The van der Waals surface area contributed by atoms with E-state index in [1.807, 2.05) is 0 Å². The van der Waals surface area contributed by atoms with Crippen molar-refractivity contribution in [2.24, 2.45) is 11.7 Å². The second-order valence-electron chi connectivity index (χ2n) is 6.28. The number of alkyl halides is 3. The zero-order valence-corrected chi connectivity index (χ0v) is 15.2. The fourth-order valence-corrected chi connectivity index (χ4v) is 2.97. The Morgan fingerprint density at radius 2 is 2.00 bits per heavy atom. The van der Waals surface area contributed by atoms with Crippen LogP contribution in [-0.2, 0) is 16.1 Å². The van der Waals surface area contributed by atoms with Gasteiger partial charge in [-0.3, -0.25) is 9.59 Å². The van der Waals surface area contributed by atoms with Crippen LogP contribution in [0.15, 0.2) is 24.3 Å². The number of carbonyl (C=O) groups excluding carboxylic acids is 2. The van der Waals surface area contributed by atoms with Gasteiger partial charge in [0.15, 0.2) is 0 Å². The molecule has 0 saturated heterocycles. The lowest BCUT2D eigenvalue weighted by molar-refractivity contribution is -0.185. The molecule has 0 aromatic heterocycles. The SMILES string of the molecule is CCN(Cc1cccc(NC(=O)C2CCC(N)C2)c1)C(=O)C(F)(F)F.Cl. The predicted molar refractivity (Wildman–Crippen MR) is 94.8 cm³/mol. The van der Waals surface area contributed by atoms with Gasteiger partial charge >= 0.3 is 12.1 Å². The first-order valence-electron chi connectivity index (χ1n) is 8.22. The van der Waals surface area contributed by atoms with Crippen molar-refractivity contribution in [3.63, 3.8) is 0 Å². The first kappa shape index (κ1) is 22.2. The van der Waals surface area contributed by atoms with E-state index in [0.29, 0.717) is 17.7 Å². The van der Waals surface area contributed by atoms with Gasteiger partial charge in [0.1, 0.15) is 0 Å². The van der Waals surface area contributed by atoms with Gasteiger partial charge in [0.2, 0.25) is 5.91 Å². The zero-order valence-electron chi connectivity index (χ0n) is 14.4. The topological polar surface area (TPSA) is 75.4 Å². The lowest BCUT2D eigenvalue weighted by Crippen LogP contribution is -2.40. The van der Waals surface area contributed by atoms with E-state index in [1.54, 1.807) is 24.3 Å². The molecule has 1 fully saturated rings. The smallest absolute Gasteiger partial charge is 0.331 e. The lowest BCUT2D eigenvalue weighted by atomic mass is 10.1. The summed E-state index contributed by atoms with van der Waals surface area (Å²) in [7, 11) is 0. The number of benzene rings is 1. The molecule has 5 nitrogen and oxygen atoms in total. The number of hydrogen-bond acceptors (Lipinski definition) is 3. The van der Waals surface area contributed by atoms with Crippen LogP contribution >= 0.6 is 12.4 Å². The standard InChI is InChI=1S/C17H22F3N3O2.ClH/c1-2-23(16(25)17(18,19)20)10-11-4-3-5-14(8-11)22-15(24)12-6-7-13(21)9-12;/h3-5,8,12-13H,2,6-7,9-10,21H2,1H3,(H,22,24);1H. The Bertz CT molecular complexity index is 640. The molecule has 146 valence electrons. The third kappa shape index (κ3) is 5.88. The lowest BCUT2D eigenvalue weighted by Gasteiger charge is -2.22. The molecule has 1 saturated carbocycles. The van der Waals surface area contributed by atoms with Crippen LogP contribution in [0, 0.1) is 5.92 Å². The number of nitrogens with two attached hydrogens (primary N) is 1. The molecule has 1 aromatic rings. The highest BCUT2D eigenvalue weighted by Crippen LogP contribution is 2.26. The molecule has 0 spiro atoms. The van der Waals surface area contributed by atoms with Crippen molar-refractivity contribution in [1.82, 2.24) is 4.90 Å². The number of nitrogens with zero attached hydrogens (tertiary/aromatic N) is 1. The molecule has 1 aliphatic rings. The maximum Gasteiger partial charge on any atom is 0.471 e. The molecule has 0 aliphatic heterocycles. The summed E-state index contributed by atoms with van der Waals surface area (Å²) in [5.74, 6) is -2.15. The quantitative estimate of drug-likeness (QED) is 0.807. The van der Waals surface area contributed by atoms with Gasteiger partial charge in [-0.05, 0) is 43.9 Å². The van der Waals surface area contributed by atoms with Gasteiger partial charge in [0, 0.05) is 30.7 Å². The number of rotatable bonds is 5. The molecule has 0 heterocycles. The summed E-state index contributed by atoms with van der Waals surface area (Å²) >= 11 is 0. The predicted octanol–water partition coefficient (Wildman–Crippen LogP) is 3.09. The number of amides is 2. The van der Waals surface area contributed by atoms with Gasteiger partial charge in [-0.15, -0.1) is 12.4 Å². The first-order valence-corrected chi connectivity index (χ1v) is 8.22. The van der Waals surface area contributed by atoms with E-state index in [1.165, 1.54) is 6.92 Å². The number of nitrogens with one attached hydrogen (secondary N) is 1. The Balaban J connectivity index is 0.00000338. The van der Waals surface area contributed by atoms with Crippen LogP contribution in [-0.4, -0.2) is 35.5 Å². The van der Waals surface area contributed by atoms with Crippen molar-refractivity contribution in [2.45, 2.75) is 44.9 Å². The molecule has 2 amide bonds. The average molecular weight is 394 g/mol. The van der Waals surface area contributed by atoms with Gasteiger partial charge in [-0.2, -0.15) is 13.2 Å². The van der Waals surface area contributed by atoms with Crippen molar-refractivity contribution in [2.75, 3.05) is 11.9 Å². The van der Waals surface area contributed by atoms with Crippen molar-refractivity contribution >= 4 is 29.9 Å². The monoisotopic (exact) mass is 393 g/mol. The molecule has 26 heavy (non-hydrogen) atoms. The Kier molecular flexibility index (Phi) is 7.89.